The van der Waals surface area contributed by atoms with Crippen molar-refractivity contribution < 1.29 is 14.0 Å². The standard InChI is InChI=1S/C21H23FN2O2S2/c22-17-10-5-4-7-15(17)13-19-21(26)24-18(14-28-19)20(25)23-11-6-12-27-16-8-2-1-3-9-16/h1-5,7-10,18-19H,6,11-14H2,(H,23,25)(H,24,26)/t18-,19+/m0/s1. The van der Waals surface area contributed by atoms with Crippen LogP contribution in [0, 0.1) is 5.82 Å². The maximum Gasteiger partial charge on any atom is 0.243 e. The summed E-state index contributed by atoms with van der Waals surface area (Å²) >= 11 is 3.16. The second kappa shape index (κ2) is 10.5. The van der Waals surface area contributed by atoms with Crippen LogP contribution in [-0.2, 0) is 16.0 Å². The highest BCUT2D eigenvalue weighted by atomic mass is 32.2. The van der Waals surface area contributed by atoms with Crippen LogP contribution in [-0.4, -0.2) is 41.2 Å². The molecule has 1 aliphatic heterocycles. The lowest BCUT2D eigenvalue weighted by molar-refractivity contribution is -0.128. The monoisotopic (exact) mass is 418 g/mol. The van der Waals surface area contributed by atoms with Gasteiger partial charge in [0, 0.05) is 17.2 Å². The van der Waals surface area contributed by atoms with Crippen molar-refractivity contribution in [2.24, 2.45) is 0 Å². The molecule has 0 spiro atoms. The van der Waals surface area contributed by atoms with Crippen LogP contribution >= 0.6 is 23.5 Å². The van der Waals surface area contributed by atoms with Gasteiger partial charge in [0.25, 0.3) is 0 Å². The van der Waals surface area contributed by atoms with E-state index < -0.39 is 6.04 Å². The van der Waals surface area contributed by atoms with Gasteiger partial charge in [-0.3, -0.25) is 9.59 Å². The van der Waals surface area contributed by atoms with Gasteiger partial charge in [0.2, 0.25) is 11.8 Å². The van der Waals surface area contributed by atoms with Gasteiger partial charge in [0.05, 0.1) is 5.25 Å². The van der Waals surface area contributed by atoms with Crippen molar-refractivity contribution in [1.82, 2.24) is 10.6 Å². The third-order valence-electron chi connectivity index (χ3n) is 4.38. The Morgan fingerprint density at radius 1 is 1.18 bits per heavy atom. The molecule has 1 saturated heterocycles. The minimum Gasteiger partial charge on any atom is -0.354 e. The summed E-state index contributed by atoms with van der Waals surface area (Å²) in [5.74, 6) is 0.745. The molecule has 1 aliphatic rings. The first-order valence-electron chi connectivity index (χ1n) is 9.24. The van der Waals surface area contributed by atoms with Crippen LogP contribution in [0.2, 0.25) is 0 Å². The predicted octanol–water partition coefficient (Wildman–Crippen LogP) is 3.27. The van der Waals surface area contributed by atoms with Gasteiger partial charge >= 0.3 is 0 Å². The highest BCUT2D eigenvalue weighted by molar-refractivity contribution is 8.00. The number of carbonyl (C=O) groups excluding carboxylic acids is 2. The maximum atomic E-state index is 13.8. The lowest BCUT2D eigenvalue weighted by Gasteiger charge is -2.28. The summed E-state index contributed by atoms with van der Waals surface area (Å²) in [6.07, 6.45) is 1.18. The molecule has 1 heterocycles. The molecule has 2 N–H and O–H groups in total. The average molecular weight is 419 g/mol. The quantitative estimate of drug-likeness (QED) is 0.510. The zero-order chi connectivity index (χ0) is 19.8. The van der Waals surface area contributed by atoms with Crippen LogP contribution in [0.3, 0.4) is 0 Å². The Labute approximate surface area is 173 Å². The van der Waals surface area contributed by atoms with Gasteiger partial charge in [0.15, 0.2) is 0 Å². The highest BCUT2D eigenvalue weighted by Crippen LogP contribution is 2.23. The first-order chi connectivity index (χ1) is 13.6. The van der Waals surface area contributed by atoms with E-state index in [1.54, 1.807) is 30.0 Å². The first-order valence-corrected chi connectivity index (χ1v) is 11.3. The smallest absolute Gasteiger partial charge is 0.243 e. The second-order valence-corrected chi connectivity index (χ2v) is 8.89. The van der Waals surface area contributed by atoms with Crippen LogP contribution in [0.5, 0.6) is 0 Å². The van der Waals surface area contributed by atoms with Crippen LogP contribution in [0.15, 0.2) is 59.5 Å². The van der Waals surface area contributed by atoms with E-state index >= 15 is 0 Å². The molecular formula is C21H23FN2O2S2. The fourth-order valence-electron chi connectivity index (χ4n) is 2.86. The van der Waals surface area contributed by atoms with Crippen molar-refractivity contribution in [2.45, 2.75) is 29.0 Å². The number of benzene rings is 2. The molecule has 2 amide bonds. The number of amides is 2. The lowest BCUT2D eigenvalue weighted by atomic mass is 10.1. The number of nitrogens with one attached hydrogen (secondary N) is 2. The normalized spacial score (nSPS) is 19.1. The molecule has 148 valence electrons. The summed E-state index contributed by atoms with van der Waals surface area (Å²) in [5.41, 5.74) is 0.522. The summed E-state index contributed by atoms with van der Waals surface area (Å²) in [6, 6.07) is 16.1. The fraction of sp³-hybridized carbons (Fsp3) is 0.333. The summed E-state index contributed by atoms with van der Waals surface area (Å²) in [7, 11) is 0. The van der Waals surface area contributed by atoms with Gasteiger partial charge in [-0.1, -0.05) is 36.4 Å². The molecule has 2 atom stereocenters. The zero-order valence-corrected chi connectivity index (χ0v) is 17.0. The molecule has 0 bridgehead atoms. The molecule has 2 aromatic rings. The van der Waals surface area contributed by atoms with Gasteiger partial charge in [-0.25, -0.2) is 4.39 Å². The minimum atomic E-state index is -0.531. The second-order valence-electron chi connectivity index (χ2n) is 6.48. The van der Waals surface area contributed by atoms with E-state index in [9.17, 15) is 14.0 Å². The van der Waals surface area contributed by atoms with E-state index in [0.717, 1.165) is 12.2 Å². The van der Waals surface area contributed by atoms with Crippen molar-refractivity contribution in [3.63, 3.8) is 0 Å². The first kappa shape index (κ1) is 20.7. The Morgan fingerprint density at radius 2 is 1.93 bits per heavy atom. The molecule has 0 aliphatic carbocycles. The maximum absolute atomic E-state index is 13.8. The molecule has 3 rings (SSSR count). The van der Waals surface area contributed by atoms with E-state index in [1.807, 2.05) is 18.2 Å². The van der Waals surface area contributed by atoms with Crippen LogP contribution in [0.4, 0.5) is 4.39 Å². The lowest BCUT2D eigenvalue weighted by Crippen LogP contribution is -2.54. The van der Waals surface area contributed by atoms with Gasteiger partial charge in [-0.05, 0) is 42.4 Å². The molecule has 28 heavy (non-hydrogen) atoms. The number of hydrogen-bond acceptors (Lipinski definition) is 4. The van der Waals surface area contributed by atoms with Crippen molar-refractivity contribution in [3.05, 3.63) is 66.0 Å². The summed E-state index contributed by atoms with van der Waals surface area (Å²) < 4.78 is 13.8. The van der Waals surface area contributed by atoms with Crippen LogP contribution in [0.1, 0.15) is 12.0 Å². The van der Waals surface area contributed by atoms with E-state index in [2.05, 4.69) is 22.8 Å². The zero-order valence-electron chi connectivity index (χ0n) is 15.4. The van der Waals surface area contributed by atoms with E-state index in [1.165, 1.54) is 22.7 Å². The Bertz CT molecular complexity index is 804. The highest BCUT2D eigenvalue weighted by Gasteiger charge is 2.32. The Hall–Kier alpha value is -1.99. The summed E-state index contributed by atoms with van der Waals surface area (Å²) in [6.45, 7) is 0.578. The minimum absolute atomic E-state index is 0.157. The SMILES string of the molecule is O=C(NCCCSc1ccccc1)[C@@H]1CS[C@H](Cc2ccccc2F)C(=O)N1. The largest absolute Gasteiger partial charge is 0.354 e. The van der Waals surface area contributed by atoms with Gasteiger partial charge in [-0.2, -0.15) is 0 Å². The van der Waals surface area contributed by atoms with E-state index in [4.69, 9.17) is 0 Å². The van der Waals surface area contributed by atoms with E-state index in [0.29, 0.717) is 24.3 Å². The van der Waals surface area contributed by atoms with Gasteiger partial charge in [-0.15, -0.1) is 23.5 Å². The van der Waals surface area contributed by atoms with Crippen molar-refractivity contribution in [3.8, 4) is 0 Å². The Morgan fingerprint density at radius 3 is 2.68 bits per heavy atom. The average Bonchev–Trinajstić information content (AvgIpc) is 2.71. The summed E-state index contributed by atoms with van der Waals surface area (Å²) in [4.78, 5) is 25.8. The van der Waals surface area contributed by atoms with Gasteiger partial charge in [0.1, 0.15) is 11.9 Å². The number of thioether (sulfide) groups is 2. The van der Waals surface area contributed by atoms with Crippen molar-refractivity contribution in [2.75, 3.05) is 18.1 Å². The van der Waals surface area contributed by atoms with Crippen molar-refractivity contribution in [1.29, 1.82) is 0 Å². The van der Waals surface area contributed by atoms with E-state index in [-0.39, 0.29) is 22.9 Å². The molecule has 0 radical (unpaired) electrons. The molecular weight excluding hydrogens is 395 g/mol. The molecule has 1 fully saturated rings. The summed E-state index contributed by atoms with van der Waals surface area (Å²) in [5, 5.41) is 5.29. The third kappa shape index (κ3) is 6.01. The Kier molecular flexibility index (Phi) is 7.80. The number of halogens is 1. The van der Waals surface area contributed by atoms with Crippen LogP contribution in [0.25, 0.3) is 0 Å². The van der Waals surface area contributed by atoms with Crippen molar-refractivity contribution >= 4 is 35.3 Å². The third-order valence-corrected chi connectivity index (χ3v) is 6.79. The topological polar surface area (TPSA) is 58.2 Å². The molecule has 2 aromatic carbocycles. The molecule has 4 nitrogen and oxygen atoms in total. The predicted molar refractivity (Wildman–Crippen MR) is 113 cm³/mol. The Balaban J connectivity index is 1.37. The molecule has 0 saturated carbocycles. The molecule has 0 unspecified atom stereocenters. The molecule has 0 aromatic heterocycles. The number of hydrogen-bond donors (Lipinski definition) is 2. The fourth-order valence-corrected chi connectivity index (χ4v) is 4.91. The molecule has 7 heteroatoms. The van der Waals surface area contributed by atoms with Crippen LogP contribution < -0.4 is 10.6 Å². The number of carbonyl (C=O) groups is 2. The van der Waals surface area contributed by atoms with Gasteiger partial charge < -0.3 is 10.6 Å². The number of rotatable bonds is 8.